The van der Waals surface area contributed by atoms with Crippen molar-refractivity contribution in [3.05, 3.63) is 41.0 Å². The first kappa shape index (κ1) is 28.2. The van der Waals surface area contributed by atoms with Crippen LogP contribution in [-0.4, -0.2) is 79.6 Å². The Labute approximate surface area is 241 Å². The second-order valence-electron chi connectivity index (χ2n) is 9.40. The lowest BCUT2D eigenvalue weighted by Crippen LogP contribution is -2.45. The highest BCUT2D eigenvalue weighted by atomic mass is 35.5. The zero-order valence-electron chi connectivity index (χ0n) is 22.1. The summed E-state index contributed by atoms with van der Waals surface area (Å²) in [5.74, 6) is 1.42. The largest absolute Gasteiger partial charge is 0.495 e. The van der Waals surface area contributed by atoms with E-state index in [1.165, 1.54) is 20.3 Å². The molecule has 2 saturated heterocycles. The summed E-state index contributed by atoms with van der Waals surface area (Å²) in [5, 5.41) is 10.9. The number of fused-ring (bicyclic) bond motifs is 1. The summed E-state index contributed by atoms with van der Waals surface area (Å²) in [6.07, 6.45) is 4.95. The van der Waals surface area contributed by atoms with Crippen LogP contribution in [0.15, 0.2) is 31.0 Å². The molecule has 0 radical (unpaired) electrons. The van der Waals surface area contributed by atoms with Crippen LogP contribution in [0.25, 0.3) is 22.2 Å². The number of amides is 1. The third kappa shape index (κ3) is 5.87. The number of hydrogen-bond donors (Lipinski definition) is 3. The number of nitrogens with one attached hydrogen (secondary N) is 3. The molecule has 5 rings (SSSR count). The molecule has 3 atom stereocenters. The third-order valence-corrected chi connectivity index (χ3v) is 7.58. The van der Waals surface area contributed by atoms with Gasteiger partial charge in [-0.3, -0.25) is 4.79 Å². The molecule has 3 aromatic rings. The normalized spacial score (nSPS) is 20.4. The Balaban J connectivity index is 1.54. The van der Waals surface area contributed by atoms with Gasteiger partial charge in [0.2, 0.25) is 11.9 Å². The van der Waals surface area contributed by atoms with E-state index in [9.17, 15) is 4.79 Å². The summed E-state index contributed by atoms with van der Waals surface area (Å²) in [5.41, 5.74) is 1.55. The summed E-state index contributed by atoms with van der Waals surface area (Å²) < 4.78 is 22.3. The Morgan fingerprint density at radius 3 is 2.58 bits per heavy atom. The fourth-order valence-electron chi connectivity index (χ4n) is 4.73. The molecule has 0 saturated carbocycles. The van der Waals surface area contributed by atoms with Crippen molar-refractivity contribution in [2.45, 2.75) is 31.0 Å². The minimum Gasteiger partial charge on any atom is -0.495 e. The number of carbonyl (C=O) groups is 1. The average molecular weight is 589 g/mol. The molecule has 1 aromatic carbocycles. The molecule has 40 heavy (non-hydrogen) atoms. The SMILES string of the molecule is C=CC(=O)N[C@H]1COC[C@H]1Nc1ncc2cc(-c3c(Cl)c(OC)cc(OC)c3Cl)nc(NCC3CCCO3)c2n1. The zero-order valence-corrected chi connectivity index (χ0v) is 23.6. The molecule has 212 valence electrons. The second-order valence-corrected chi connectivity index (χ2v) is 10.2. The number of rotatable bonds is 10. The number of methoxy groups -OCH3 is 2. The molecule has 2 fully saturated rings. The summed E-state index contributed by atoms with van der Waals surface area (Å²) in [6, 6.07) is 2.96. The first-order valence-electron chi connectivity index (χ1n) is 12.8. The second kappa shape index (κ2) is 12.4. The van der Waals surface area contributed by atoms with E-state index in [0.717, 1.165) is 19.4 Å². The van der Waals surface area contributed by atoms with Crippen LogP contribution in [0, 0.1) is 0 Å². The molecule has 13 heteroatoms. The first-order chi connectivity index (χ1) is 19.4. The van der Waals surface area contributed by atoms with Crippen molar-refractivity contribution in [2.24, 2.45) is 0 Å². The van der Waals surface area contributed by atoms with Gasteiger partial charge in [0.15, 0.2) is 5.82 Å². The van der Waals surface area contributed by atoms with Crippen molar-refractivity contribution in [2.75, 3.05) is 51.2 Å². The van der Waals surface area contributed by atoms with E-state index >= 15 is 0 Å². The molecule has 11 nitrogen and oxygen atoms in total. The van der Waals surface area contributed by atoms with Crippen molar-refractivity contribution >= 4 is 51.8 Å². The number of hydrogen-bond acceptors (Lipinski definition) is 10. The number of pyridine rings is 1. The molecule has 0 bridgehead atoms. The lowest BCUT2D eigenvalue weighted by Gasteiger charge is -2.20. The molecule has 2 aliphatic heterocycles. The molecule has 0 aliphatic carbocycles. The molecule has 0 spiro atoms. The van der Waals surface area contributed by atoms with Crippen LogP contribution in [0.2, 0.25) is 10.0 Å². The molecule has 1 unspecified atom stereocenters. The predicted octanol–water partition coefficient (Wildman–Crippen LogP) is 4.09. The van der Waals surface area contributed by atoms with E-state index < -0.39 is 0 Å². The Bertz CT molecular complexity index is 1390. The lowest BCUT2D eigenvalue weighted by molar-refractivity contribution is -0.117. The average Bonchev–Trinajstić information content (AvgIpc) is 3.64. The smallest absolute Gasteiger partial charge is 0.243 e. The molecular formula is C27H30Cl2N6O5. The van der Waals surface area contributed by atoms with Crippen LogP contribution in [0.1, 0.15) is 12.8 Å². The van der Waals surface area contributed by atoms with Gasteiger partial charge in [0.1, 0.15) is 17.0 Å². The van der Waals surface area contributed by atoms with Gasteiger partial charge in [0, 0.05) is 36.4 Å². The van der Waals surface area contributed by atoms with Crippen molar-refractivity contribution in [3.63, 3.8) is 0 Å². The van der Waals surface area contributed by atoms with Crippen LogP contribution in [0.5, 0.6) is 11.5 Å². The van der Waals surface area contributed by atoms with Gasteiger partial charge in [-0.1, -0.05) is 29.8 Å². The van der Waals surface area contributed by atoms with Crippen LogP contribution in [-0.2, 0) is 14.3 Å². The van der Waals surface area contributed by atoms with Gasteiger partial charge in [-0.15, -0.1) is 0 Å². The fraction of sp³-hybridized carbons (Fsp3) is 0.407. The lowest BCUT2D eigenvalue weighted by atomic mass is 10.1. The minimum absolute atomic E-state index is 0.0638. The topological polar surface area (TPSA) is 129 Å². The predicted molar refractivity (Wildman–Crippen MR) is 154 cm³/mol. The monoisotopic (exact) mass is 588 g/mol. The summed E-state index contributed by atoms with van der Waals surface area (Å²) in [6.45, 7) is 5.55. The molecule has 1 amide bonds. The summed E-state index contributed by atoms with van der Waals surface area (Å²) in [7, 11) is 3.04. The van der Waals surface area contributed by atoms with E-state index in [4.69, 9.17) is 52.1 Å². The van der Waals surface area contributed by atoms with Crippen LogP contribution >= 0.6 is 23.2 Å². The molecule has 2 aromatic heterocycles. The number of anilines is 2. The maximum absolute atomic E-state index is 11.8. The maximum atomic E-state index is 11.8. The van der Waals surface area contributed by atoms with Gasteiger partial charge in [-0.05, 0) is 25.0 Å². The van der Waals surface area contributed by atoms with Gasteiger partial charge in [-0.25, -0.2) is 15.0 Å². The van der Waals surface area contributed by atoms with Crippen LogP contribution in [0.4, 0.5) is 11.8 Å². The van der Waals surface area contributed by atoms with Crippen molar-refractivity contribution in [3.8, 4) is 22.8 Å². The Morgan fingerprint density at radius 1 is 1.15 bits per heavy atom. The highest BCUT2D eigenvalue weighted by Crippen LogP contribution is 2.46. The Hall–Kier alpha value is -3.38. The van der Waals surface area contributed by atoms with Crippen molar-refractivity contribution < 1.29 is 23.7 Å². The zero-order chi connectivity index (χ0) is 28.2. The van der Waals surface area contributed by atoms with Crippen LogP contribution < -0.4 is 25.4 Å². The van der Waals surface area contributed by atoms with Gasteiger partial charge in [0.05, 0.1) is 61.4 Å². The van der Waals surface area contributed by atoms with Gasteiger partial charge in [0.25, 0.3) is 0 Å². The minimum atomic E-state index is -0.273. The highest BCUT2D eigenvalue weighted by Gasteiger charge is 2.30. The molecule has 3 N–H and O–H groups in total. The van der Waals surface area contributed by atoms with Crippen molar-refractivity contribution in [1.82, 2.24) is 20.3 Å². The van der Waals surface area contributed by atoms with E-state index in [1.807, 2.05) is 6.07 Å². The molecule has 2 aliphatic rings. The standard InChI is InChI=1S/C27H30Cl2N6O5/c1-4-21(36)32-17-12-39-13-18(17)34-27-31-10-14-8-16(22-23(28)19(37-2)9-20(38-3)24(22)29)33-26(25(14)35-27)30-11-15-6-5-7-40-15/h4,8-10,15,17-18H,1,5-7,11-13H2,2-3H3,(H,30,33)(H,32,36)(H,31,34,35)/t15?,17-,18+/m0/s1. The molecular weight excluding hydrogens is 559 g/mol. The number of ether oxygens (including phenoxy) is 4. The Morgan fingerprint density at radius 2 is 1.90 bits per heavy atom. The van der Waals surface area contributed by atoms with Crippen molar-refractivity contribution in [1.29, 1.82) is 0 Å². The van der Waals surface area contributed by atoms with Gasteiger partial charge >= 0.3 is 0 Å². The number of carbonyl (C=O) groups excluding carboxylic acids is 1. The summed E-state index contributed by atoms with van der Waals surface area (Å²) >= 11 is 13.4. The molecule has 4 heterocycles. The number of halogens is 2. The number of benzene rings is 1. The third-order valence-electron chi connectivity index (χ3n) is 6.82. The maximum Gasteiger partial charge on any atom is 0.243 e. The quantitative estimate of drug-likeness (QED) is 0.298. The number of aromatic nitrogens is 3. The van der Waals surface area contributed by atoms with E-state index in [-0.39, 0.29) is 24.1 Å². The van der Waals surface area contributed by atoms with Crippen LogP contribution in [0.3, 0.4) is 0 Å². The van der Waals surface area contributed by atoms with Gasteiger partial charge in [-0.2, -0.15) is 0 Å². The highest BCUT2D eigenvalue weighted by molar-refractivity contribution is 6.41. The van der Waals surface area contributed by atoms with E-state index in [2.05, 4.69) is 27.5 Å². The van der Waals surface area contributed by atoms with Gasteiger partial charge < -0.3 is 34.9 Å². The summed E-state index contributed by atoms with van der Waals surface area (Å²) in [4.78, 5) is 26.0. The first-order valence-corrected chi connectivity index (χ1v) is 13.6. The van der Waals surface area contributed by atoms with E-state index in [0.29, 0.717) is 75.2 Å². The Kier molecular flexibility index (Phi) is 8.75. The van der Waals surface area contributed by atoms with E-state index in [1.54, 1.807) is 12.3 Å². The number of nitrogens with zero attached hydrogens (tertiary/aromatic N) is 3. The fourth-order valence-corrected chi connectivity index (χ4v) is 5.43.